The summed E-state index contributed by atoms with van der Waals surface area (Å²) in [6, 6.07) is 4.98. The quantitative estimate of drug-likeness (QED) is 0.742. The van der Waals surface area contributed by atoms with E-state index in [1.54, 1.807) is 24.3 Å². The highest BCUT2D eigenvalue weighted by Crippen LogP contribution is 2.30. The van der Waals surface area contributed by atoms with E-state index in [0.717, 1.165) is 18.1 Å². The zero-order chi connectivity index (χ0) is 11.5. The first-order chi connectivity index (χ1) is 7.65. The van der Waals surface area contributed by atoms with Crippen molar-refractivity contribution in [3.8, 4) is 11.5 Å². The minimum Gasteiger partial charge on any atom is -0.508 e. The number of aliphatic carboxylic acids is 1. The summed E-state index contributed by atoms with van der Waals surface area (Å²) in [6.07, 6.45) is 3.51. The Morgan fingerprint density at radius 3 is 3.06 bits per heavy atom. The summed E-state index contributed by atoms with van der Waals surface area (Å²) in [5, 5.41) is 17.8. The van der Waals surface area contributed by atoms with Gasteiger partial charge < -0.3 is 14.9 Å². The summed E-state index contributed by atoms with van der Waals surface area (Å²) in [4.78, 5) is 10.4. The molecule has 0 saturated heterocycles. The third kappa shape index (κ3) is 2.34. The summed E-state index contributed by atoms with van der Waals surface area (Å²) < 4.78 is 5.45. The Morgan fingerprint density at radius 2 is 2.31 bits per heavy atom. The van der Waals surface area contributed by atoms with E-state index in [9.17, 15) is 9.90 Å². The van der Waals surface area contributed by atoms with Crippen LogP contribution < -0.4 is 4.74 Å². The molecule has 2 rings (SSSR count). The number of rotatable bonds is 2. The molecular formula is C12H12O4. The topological polar surface area (TPSA) is 66.8 Å². The van der Waals surface area contributed by atoms with E-state index >= 15 is 0 Å². The molecule has 1 unspecified atom stereocenters. The smallest absolute Gasteiger partial charge is 0.327 e. The van der Waals surface area contributed by atoms with Crippen LogP contribution >= 0.6 is 0 Å². The van der Waals surface area contributed by atoms with Crippen LogP contribution in [0.15, 0.2) is 30.4 Å². The van der Waals surface area contributed by atoms with E-state index < -0.39 is 5.97 Å². The normalized spacial score (nSPS) is 19.1. The number of phenolic OH excluding ortho intramolecular Hbond substituents is 1. The van der Waals surface area contributed by atoms with Gasteiger partial charge in [0.15, 0.2) is 0 Å². The molecule has 2 N–H and O–H groups in total. The lowest BCUT2D eigenvalue weighted by Crippen LogP contribution is -2.19. The maximum Gasteiger partial charge on any atom is 0.327 e. The van der Waals surface area contributed by atoms with E-state index in [1.807, 2.05) is 0 Å². The highest BCUT2D eigenvalue weighted by Gasteiger charge is 2.18. The lowest BCUT2D eigenvalue weighted by atomic mass is 9.96. The Kier molecular flexibility index (Phi) is 2.81. The molecule has 84 valence electrons. The zero-order valence-electron chi connectivity index (χ0n) is 8.59. The Hall–Kier alpha value is -1.97. The summed E-state index contributed by atoms with van der Waals surface area (Å²) >= 11 is 0. The van der Waals surface area contributed by atoms with Crippen LogP contribution in [0.25, 0.3) is 0 Å². The van der Waals surface area contributed by atoms with E-state index in [2.05, 4.69) is 0 Å². The molecule has 1 atom stereocenters. The van der Waals surface area contributed by atoms with E-state index in [0.29, 0.717) is 12.4 Å². The van der Waals surface area contributed by atoms with Gasteiger partial charge in [0, 0.05) is 18.1 Å². The number of benzene rings is 1. The second-order valence-electron chi connectivity index (χ2n) is 3.76. The summed E-state index contributed by atoms with van der Waals surface area (Å²) in [7, 11) is 0. The third-order valence-corrected chi connectivity index (χ3v) is 2.50. The first-order valence-electron chi connectivity index (χ1n) is 5.01. The van der Waals surface area contributed by atoms with Gasteiger partial charge in [-0.2, -0.15) is 0 Å². The van der Waals surface area contributed by atoms with Crippen molar-refractivity contribution in [2.45, 2.75) is 6.42 Å². The highest BCUT2D eigenvalue weighted by atomic mass is 16.5. The molecule has 1 aliphatic rings. The van der Waals surface area contributed by atoms with Crippen LogP contribution in [-0.4, -0.2) is 22.8 Å². The number of carboxylic acid groups (broad SMARTS) is 1. The molecule has 1 aromatic carbocycles. The van der Waals surface area contributed by atoms with E-state index in [4.69, 9.17) is 9.84 Å². The summed E-state index contributed by atoms with van der Waals surface area (Å²) in [5.41, 5.74) is 0.990. The molecule has 1 aliphatic heterocycles. The molecule has 4 nitrogen and oxygen atoms in total. The van der Waals surface area contributed by atoms with Gasteiger partial charge in [-0.3, -0.25) is 0 Å². The Morgan fingerprint density at radius 1 is 1.50 bits per heavy atom. The van der Waals surface area contributed by atoms with Gasteiger partial charge in [0.2, 0.25) is 0 Å². The van der Waals surface area contributed by atoms with Gasteiger partial charge in [-0.1, -0.05) is 12.1 Å². The average Bonchev–Trinajstić information content (AvgIpc) is 2.26. The number of hydrogen-bond acceptors (Lipinski definition) is 3. The Balaban J connectivity index is 2.12. The first kappa shape index (κ1) is 10.5. The van der Waals surface area contributed by atoms with Gasteiger partial charge in [0.05, 0.1) is 6.61 Å². The molecule has 0 aromatic heterocycles. The van der Waals surface area contributed by atoms with Gasteiger partial charge in [-0.25, -0.2) is 4.79 Å². The highest BCUT2D eigenvalue weighted by molar-refractivity contribution is 5.79. The standard InChI is InChI=1S/C12H12O4/c13-10-3-2-9-5-8(1-4-12(14)15)7-16-11(9)6-10/h1-4,6,8,13H,5,7H2,(H,14,15)/b4-1+. The van der Waals surface area contributed by atoms with E-state index in [1.165, 1.54) is 0 Å². The maximum absolute atomic E-state index is 10.4. The van der Waals surface area contributed by atoms with Crippen LogP contribution in [0, 0.1) is 5.92 Å². The molecule has 4 heteroatoms. The molecule has 1 heterocycles. The van der Waals surface area contributed by atoms with Crippen molar-refractivity contribution in [1.82, 2.24) is 0 Å². The number of hydrogen-bond donors (Lipinski definition) is 2. The van der Waals surface area contributed by atoms with Crippen molar-refractivity contribution in [3.63, 3.8) is 0 Å². The van der Waals surface area contributed by atoms with Gasteiger partial charge in [-0.05, 0) is 18.1 Å². The predicted octanol–water partition coefficient (Wildman–Crippen LogP) is 1.58. The van der Waals surface area contributed by atoms with Gasteiger partial charge >= 0.3 is 5.97 Å². The van der Waals surface area contributed by atoms with Gasteiger partial charge in [0.25, 0.3) is 0 Å². The van der Waals surface area contributed by atoms with Crippen molar-refractivity contribution in [3.05, 3.63) is 35.9 Å². The minimum atomic E-state index is -0.948. The molecule has 0 radical (unpaired) electrons. The van der Waals surface area contributed by atoms with Crippen LogP contribution in [0.4, 0.5) is 0 Å². The second kappa shape index (κ2) is 4.26. The largest absolute Gasteiger partial charge is 0.508 e. The van der Waals surface area contributed by atoms with Crippen molar-refractivity contribution >= 4 is 5.97 Å². The molecule has 0 saturated carbocycles. The van der Waals surface area contributed by atoms with Crippen LogP contribution in [0.5, 0.6) is 11.5 Å². The molecular weight excluding hydrogens is 208 g/mol. The van der Waals surface area contributed by atoms with Crippen LogP contribution in [0.1, 0.15) is 5.56 Å². The lowest BCUT2D eigenvalue weighted by Gasteiger charge is -2.23. The van der Waals surface area contributed by atoms with E-state index in [-0.39, 0.29) is 11.7 Å². The summed E-state index contributed by atoms with van der Waals surface area (Å²) in [6.45, 7) is 0.445. The summed E-state index contributed by atoms with van der Waals surface area (Å²) in [5.74, 6) is -0.0112. The van der Waals surface area contributed by atoms with Crippen LogP contribution in [0.2, 0.25) is 0 Å². The number of carbonyl (C=O) groups is 1. The number of fused-ring (bicyclic) bond motifs is 1. The van der Waals surface area contributed by atoms with Crippen molar-refractivity contribution in [2.24, 2.45) is 5.92 Å². The molecule has 0 fully saturated rings. The van der Waals surface area contributed by atoms with Crippen LogP contribution in [-0.2, 0) is 11.2 Å². The number of carboxylic acids is 1. The molecule has 0 aliphatic carbocycles. The van der Waals surface area contributed by atoms with Crippen molar-refractivity contribution in [1.29, 1.82) is 0 Å². The molecule has 0 bridgehead atoms. The maximum atomic E-state index is 10.4. The number of phenols is 1. The molecule has 0 amide bonds. The second-order valence-corrected chi connectivity index (χ2v) is 3.76. The third-order valence-electron chi connectivity index (χ3n) is 2.50. The first-order valence-corrected chi connectivity index (χ1v) is 5.01. The number of aromatic hydroxyl groups is 1. The fourth-order valence-corrected chi connectivity index (χ4v) is 1.73. The molecule has 16 heavy (non-hydrogen) atoms. The van der Waals surface area contributed by atoms with Crippen LogP contribution in [0.3, 0.4) is 0 Å². The van der Waals surface area contributed by atoms with Crippen molar-refractivity contribution < 1.29 is 19.7 Å². The molecule has 0 spiro atoms. The molecule has 1 aromatic rings. The minimum absolute atomic E-state index is 0.0770. The zero-order valence-corrected chi connectivity index (χ0v) is 8.59. The number of ether oxygens (including phenoxy) is 1. The fraction of sp³-hybridized carbons (Fsp3) is 0.250. The monoisotopic (exact) mass is 220 g/mol. The Labute approximate surface area is 92.8 Å². The Bertz CT molecular complexity index is 437. The average molecular weight is 220 g/mol. The SMILES string of the molecule is O=C(O)/C=C/C1COc2cc(O)ccc2C1. The van der Waals surface area contributed by atoms with Crippen molar-refractivity contribution in [2.75, 3.05) is 6.61 Å². The predicted molar refractivity (Wildman–Crippen MR) is 57.6 cm³/mol. The van der Waals surface area contributed by atoms with Gasteiger partial charge in [-0.15, -0.1) is 0 Å². The van der Waals surface area contributed by atoms with Gasteiger partial charge in [0.1, 0.15) is 11.5 Å². The fourth-order valence-electron chi connectivity index (χ4n) is 1.73. The lowest BCUT2D eigenvalue weighted by molar-refractivity contribution is -0.131.